The minimum Gasteiger partial charge on any atom is -0.379 e. The van der Waals surface area contributed by atoms with E-state index in [9.17, 15) is 0 Å². The van der Waals surface area contributed by atoms with Gasteiger partial charge in [0, 0.05) is 58.6 Å². The fraction of sp³-hybridized carbons (Fsp3) is 0.684. The lowest BCUT2D eigenvalue weighted by molar-refractivity contribution is 0.115. The second-order valence-corrected chi connectivity index (χ2v) is 6.93. The van der Waals surface area contributed by atoms with Crippen molar-refractivity contribution in [2.24, 2.45) is 10.9 Å². The highest BCUT2D eigenvalue weighted by molar-refractivity contribution is 14.0. The van der Waals surface area contributed by atoms with E-state index in [1.807, 2.05) is 26.4 Å². The number of rotatable bonds is 8. The van der Waals surface area contributed by atoms with Crippen LogP contribution in [0.4, 0.5) is 5.82 Å². The van der Waals surface area contributed by atoms with Crippen molar-refractivity contribution in [2.45, 2.75) is 19.4 Å². The molecule has 1 aromatic heterocycles. The molecule has 0 radical (unpaired) electrons. The molecule has 1 aromatic rings. The summed E-state index contributed by atoms with van der Waals surface area (Å²) in [6.07, 6.45) is 4.51. The third kappa shape index (κ3) is 7.08. The highest BCUT2D eigenvalue weighted by Gasteiger charge is 2.21. The summed E-state index contributed by atoms with van der Waals surface area (Å²) in [5.41, 5.74) is 1.17. The van der Waals surface area contributed by atoms with E-state index >= 15 is 0 Å². The largest absolute Gasteiger partial charge is 0.379 e. The van der Waals surface area contributed by atoms with Crippen LogP contribution in [0.1, 0.15) is 18.4 Å². The molecule has 27 heavy (non-hydrogen) atoms. The lowest BCUT2D eigenvalue weighted by Crippen LogP contribution is -2.41. The van der Waals surface area contributed by atoms with Crippen molar-refractivity contribution in [1.29, 1.82) is 0 Å². The number of guanidine groups is 1. The van der Waals surface area contributed by atoms with Crippen LogP contribution in [0, 0.1) is 5.92 Å². The normalized spacial score (nSPS) is 17.4. The molecule has 0 aromatic carbocycles. The van der Waals surface area contributed by atoms with Gasteiger partial charge in [-0.05, 0) is 24.8 Å². The molecule has 1 N–H and O–H groups in total. The van der Waals surface area contributed by atoms with E-state index < -0.39 is 0 Å². The summed E-state index contributed by atoms with van der Waals surface area (Å²) in [5, 5.41) is 3.45. The molecule has 1 saturated carbocycles. The summed E-state index contributed by atoms with van der Waals surface area (Å²) in [6.45, 7) is 6.45. The Morgan fingerprint density at radius 3 is 2.89 bits per heavy atom. The standard InChI is InChI=1S/C19H31N5O2.HI/c1-20-19(23(2)8-11-26-15-16-5-6-16)22-14-17-4-3-7-21-18(17)24-9-12-25-13-10-24;/h3-4,7,16H,5-6,8-15H2,1-2H3,(H,20,22);1H. The Labute approximate surface area is 179 Å². The first-order chi connectivity index (χ1) is 12.8. The summed E-state index contributed by atoms with van der Waals surface area (Å²) < 4.78 is 11.2. The number of likely N-dealkylation sites (N-methyl/N-ethyl adjacent to an activating group) is 1. The molecule has 0 atom stereocenters. The summed E-state index contributed by atoms with van der Waals surface area (Å²) in [5.74, 6) is 2.72. The number of nitrogens with one attached hydrogen (secondary N) is 1. The van der Waals surface area contributed by atoms with Crippen molar-refractivity contribution in [3.63, 3.8) is 0 Å². The maximum Gasteiger partial charge on any atom is 0.193 e. The van der Waals surface area contributed by atoms with E-state index in [1.165, 1.54) is 18.4 Å². The third-order valence-corrected chi connectivity index (χ3v) is 4.81. The monoisotopic (exact) mass is 489 g/mol. The van der Waals surface area contributed by atoms with Crippen LogP contribution in [0.3, 0.4) is 0 Å². The Balaban J connectivity index is 0.00000261. The molecule has 1 aliphatic carbocycles. The number of morpholine rings is 1. The van der Waals surface area contributed by atoms with Crippen LogP contribution >= 0.6 is 24.0 Å². The van der Waals surface area contributed by atoms with E-state index in [-0.39, 0.29) is 24.0 Å². The average Bonchev–Trinajstić information content (AvgIpc) is 3.51. The number of hydrogen-bond donors (Lipinski definition) is 1. The van der Waals surface area contributed by atoms with Gasteiger partial charge in [-0.25, -0.2) is 4.98 Å². The first-order valence-electron chi connectivity index (χ1n) is 9.54. The third-order valence-electron chi connectivity index (χ3n) is 4.81. The molecular weight excluding hydrogens is 457 g/mol. The van der Waals surface area contributed by atoms with Gasteiger partial charge >= 0.3 is 0 Å². The topological polar surface area (TPSA) is 62.2 Å². The molecule has 3 rings (SSSR count). The summed E-state index contributed by atoms with van der Waals surface area (Å²) in [4.78, 5) is 13.4. The van der Waals surface area contributed by atoms with Gasteiger partial charge < -0.3 is 24.6 Å². The number of ether oxygens (including phenoxy) is 2. The van der Waals surface area contributed by atoms with E-state index in [0.29, 0.717) is 6.54 Å². The molecule has 1 saturated heterocycles. The molecular formula is C19H32IN5O2. The van der Waals surface area contributed by atoms with Crippen LogP contribution in [-0.2, 0) is 16.0 Å². The van der Waals surface area contributed by atoms with Gasteiger partial charge in [-0.15, -0.1) is 24.0 Å². The second kappa shape index (κ2) is 11.7. The number of anilines is 1. The van der Waals surface area contributed by atoms with Crippen molar-refractivity contribution < 1.29 is 9.47 Å². The summed E-state index contributed by atoms with van der Waals surface area (Å²) in [6, 6.07) is 4.11. The lowest BCUT2D eigenvalue weighted by atomic mass is 10.2. The van der Waals surface area contributed by atoms with Gasteiger partial charge in [-0.1, -0.05) is 6.07 Å². The number of hydrogen-bond acceptors (Lipinski definition) is 5. The van der Waals surface area contributed by atoms with Crippen molar-refractivity contribution in [1.82, 2.24) is 15.2 Å². The Bertz CT molecular complexity index is 591. The van der Waals surface area contributed by atoms with Gasteiger partial charge in [0.05, 0.1) is 19.8 Å². The highest BCUT2D eigenvalue weighted by Crippen LogP contribution is 2.28. The highest BCUT2D eigenvalue weighted by atomic mass is 127. The van der Waals surface area contributed by atoms with Crippen LogP contribution in [0.25, 0.3) is 0 Å². The number of nitrogens with zero attached hydrogens (tertiary/aromatic N) is 4. The Morgan fingerprint density at radius 1 is 1.41 bits per heavy atom. The fourth-order valence-corrected chi connectivity index (χ4v) is 3.03. The van der Waals surface area contributed by atoms with Crippen molar-refractivity contribution in [3.05, 3.63) is 23.9 Å². The second-order valence-electron chi connectivity index (χ2n) is 6.93. The molecule has 2 aliphatic rings. The molecule has 0 amide bonds. The first-order valence-corrected chi connectivity index (χ1v) is 9.54. The van der Waals surface area contributed by atoms with Crippen LogP contribution in [0.15, 0.2) is 23.3 Å². The van der Waals surface area contributed by atoms with Crippen LogP contribution < -0.4 is 10.2 Å². The Morgan fingerprint density at radius 2 is 2.19 bits per heavy atom. The number of halogens is 1. The number of aromatic nitrogens is 1. The SMILES string of the molecule is CN=C(NCc1cccnc1N1CCOCC1)N(C)CCOCC1CC1.I. The van der Waals surface area contributed by atoms with Crippen molar-refractivity contribution in [3.8, 4) is 0 Å². The Kier molecular flexibility index (Phi) is 9.57. The van der Waals surface area contributed by atoms with Gasteiger partial charge in [0.2, 0.25) is 0 Å². The molecule has 7 nitrogen and oxygen atoms in total. The van der Waals surface area contributed by atoms with E-state index in [1.54, 1.807) is 0 Å². The average molecular weight is 489 g/mol. The minimum absolute atomic E-state index is 0. The van der Waals surface area contributed by atoms with E-state index in [4.69, 9.17) is 9.47 Å². The van der Waals surface area contributed by atoms with Crippen LogP contribution in [0.5, 0.6) is 0 Å². The summed E-state index contributed by atoms with van der Waals surface area (Å²) in [7, 11) is 3.86. The first kappa shape index (κ1) is 22.2. The van der Waals surface area contributed by atoms with Gasteiger partial charge in [-0.2, -0.15) is 0 Å². The van der Waals surface area contributed by atoms with Crippen molar-refractivity contribution >= 4 is 35.8 Å². The maximum atomic E-state index is 5.73. The van der Waals surface area contributed by atoms with Crippen molar-refractivity contribution in [2.75, 3.05) is 65.1 Å². The molecule has 1 aliphatic heterocycles. The smallest absolute Gasteiger partial charge is 0.193 e. The number of pyridine rings is 1. The predicted molar refractivity (Wildman–Crippen MR) is 119 cm³/mol. The quantitative estimate of drug-likeness (QED) is 0.261. The molecule has 0 bridgehead atoms. The zero-order chi connectivity index (χ0) is 18.2. The zero-order valence-corrected chi connectivity index (χ0v) is 18.7. The van der Waals surface area contributed by atoms with Crippen LogP contribution in [-0.4, -0.2) is 76.0 Å². The molecule has 2 fully saturated rings. The van der Waals surface area contributed by atoms with Gasteiger partial charge in [0.25, 0.3) is 0 Å². The van der Waals surface area contributed by atoms with Gasteiger partial charge in [0.1, 0.15) is 5.82 Å². The molecule has 0 spiro atoms. The van der Waals surface area contributed by atoms with E-state index in [2.05, 4.69) is 31.2 Å². The molecule has 2 heterocycles. The van der Waals surface area contributed by atoms with Gasteiger partial charge in [0.15, 0.2) is 5.96 Å². The van der Waals surface area contributed by atoms with Gasteiger partial charge in [-0.3, -0.25) is 4.99 Å². The molecule has 152 valence electrons. The minimum atomic E-state index is 0. The predicted octanol–water partition coefficient (Wildman–Crippen LogP) is 1.97. The number of aliphatic imine (C=N–C) groups is 1. The molecule has 0 unspecified atom stereocenters. The molecule has 8 heteroatoms. The van der Waals surface area contributed by atoms with Crippen LogP contribution in [0.2, 0.25) is 0 Å². The van der Waals surface area contributed by atoms with E-state index in [0.717, 1.165) is 63.8 Å². The summed E-state index contributed by atoms with van der Waals surface area (Å²) >= 11 is 0. The fourth-order valence-electron chi connectivity index (χ4n) is 3.03. The Hall–Kier alpha value is -1.13. The maximum absolute atomic E-state index is 5.73. The lowest BCUT2D eigenvalue weighted by Gasteiger charge is -2.30. The zero-order valence-electron chi connectivity index (χ0n) is 16.4.